The Morgan fingerprint density at radius 1 is 1.28 bits per heavy atom. The zero-order valence-electron chi connectivity index (χ0n) is 9.67. The average Bonchev–Trinajstić information content (AvgIpc) is 2.35. The number of hydrogen-bond donors (Lipinski definition) is 1. The van der Waals surface area contributed by atoms with Gasteiger partial charge in [-0.05, 0) is 36.8 Å². The summed E-state index contributed by atoms with van der Waals surface area (Å²) >= 11 is 3.30. The predicted molar refractivity (Wildman–Crippen MR) is 73.3 cm³/mol. The molecule has 0 radical (unpaired) electrons. The van der Waals surface area contributed by atoms with Gasteiger partial charge in [-0.25, -0.2) is 4.39 Å². The second-order valence-corrected chi connectivity index (χ2v) is 4.77. The number of aryl methyl sites for hydroxylation is 1. The van der Waals surface area contributed by atoms with E-state index in [1.165, 1.54) is 6.07 Å². The Morgan fingerprint density at radius 2 is 2.06 bits per heavy atom. The molecule has 0 bridgehead atoms. The van der Waals surface area contributed by atoms with E-state index >= 15 is 0 Å². The van der Waals surface area contributed by atoms with Crippen LogP contribution in [-0.4, -0.2) is 0 Å². The second kappa shape index (κ2) is 5.19. The van der Waals surface area contributed by atoms with Crippen LogP contribution in [0.1, 0.15) is 11.1 Å². The smallest absolute Gasteiger partial charge is 0.146 e. The molecule has 0 aliphatic rings. The number of nitrogens with one attached hydrogen (secondary N) is 1. The summed E-state index contributed by atoms with van der Waals surface area (Å²) in [5.41, 5.74) is 2.25. The van der Waals surface area contributed by atoms with Crippen molar-refractivity contribution in [3.63, 3.8) is 0 Å². The van der Waals surface area contributed by atoms with Crippen molar-refractivity contribution in [2.45, 2.75) is 6.92 Å². The van der Waals surface area contributed by atoms with Crippen molar-refractivity contribution in [1.29, 1.82) is 5.26 Å². The second-order valence-electron chi connectivity index (χ2n) is 3.86. The minimum absolute atomic E-state index is 0.332. The Balaban J connectivity index is 2.44. The highest BCUT2D eigenvalue weighted by Gasteiger charge is 2.08. The van der Waals surface area contributed by atoms with Crippen LogP contribution in [0.25, 0.3) is 0 Å². The molecule has 0 spiro atoms. The molecule has 0 aliphatic heterocycles. The van der Waals surface area contributed by atoms with Crippen LogP contribution >= 0.6 is 15.9 Å². The van der Waals surface area contributed by atoms with Gasteiger partial charge in [0.15, 0.2) is 0 Å². The van der Waals surface area contributed by atoms with Gasteiger partial charge in [0.05, 0.1) is 16.9 Å². The third-order valence-corrected chi connectivity index (χ3v) is 3.08. The van der Waals surface area contributed by atoms with Crippen LogP contribution in [0.15, 0.2) is 40.9 Å². The summed E-state index contributed by atoms with van der Waals surface area (Å²) in [6.07, 6.45) is 0. The van der Waals surface area contributed by atoms with Gasteiger partial charge >= 0.3 is 0 Å². The maximum atomic E-state index is 13.7. The fourth-order valence-electron chi connectivity index (χ4n) is 1.64. The Kier molecular flexibility index (Phi) is 3.63. The fraction of sp³-hybridized carbons (Fsp3) is 0.0714. The summed E-state index contributed by atoms with van der Waals surface area (Å²) in [4.78, 5) is 0. The standard InChI is InChI=1S/C14H10BrFN2/c1-9-3-2-4-12(16)14(9)18-13-6-5-11(15)7-10(13)8-17/h2-7,18H,1H3. The highest BCUT2D eigenvalue weighted by molar-refractivity contribution is 9.10. The van der Waals surface area contributed by atoms with Gasteiger partial charge in [-0.3, -0.25) is 0 Å². The van der Waals surface area contributed by atoms with Crippen molar-refractivity contribution in [2.24, 2.45) is 0 Å². The number of hydrogen-bond acceptors (Lipinski definition) is 2. The number of anilines is 2. The molecule has 0 saturated carbocycles. The number of rotatable bonds is 2. The van der Waals surface area contributed by atoms with Crippen molar-refractivity contribution >= 4 is 27.3 Å². The van der Waals surface area contributed by atoms with Crippen LogP contribution in [0.4, 0.5) is 15.8 Å². The molecule has 18 heavy (non-hydrogen) atoms. The molecule has 4 heteroatoms. The minimum atomic E-state index is -0.332. The average molecular weight is 305 g/mol. The maximum absolute atomic E-state index is 13.7. The lowest BCUT2D eigenvalue weighted by molar-refractivity contribution is 0.631. The number of nitriles is 1. The summed E-state index contributed by atoms with van der Waals surface area (Å²) < 4.78 is 14.5. The molecule has 2 aromatic carbocycles. The van der Waals surface area contributed by atoms with Gasteiger partial charge in [0.1, 0.15) is 11.9 Å². The molecule has 0 aromatic heterocycles. The number of para-hydroxylation sites is 1. The molecule has 0 amide bonds. The normalized spacial score (nSPS) is 9.89. The van der Waals surface area contributed by atoms with Crippen LogP contribution in [0.3, 0.4) is 0 Å². The summed E-state index contributed by atoms with van der Waals surface area (Å²) in [6, 6.07) is 12.2. The molecule has 1 N–H and O–H groups in total. The molecule has 0 saturated heterocycles. The fourth-order valence-corrected chi connectivity index (χ4v) is 2.00. The van der Waals surface area contributed by atoms with Crippen molar-refractivity contribution < 1.29 is 4.39 Å². The van der Waals surface area contributed by atoms with E-state index < -0.39 is 0 Å². The quantitative estimate of drug-likeness (QED) is 0.886. The predicted octanol–water partition coefficient (Wildman–Crippen LogP) is 4.51. The molecular weight excluding hydrogens is 295 g/mol. The van der Waals surface area contributed by atoms with Gasteiger partial charge in [0.25, 0.3) is 0 Å². The van der Waals surface area contributed by atoms with E-state index in [-0.39, 0.29) is 5.82 Å². The zero-order valence-corrected chi connectivity index (χ0v) is 11.3. The molecule has 2 rings (SSSR count). The summed E-state index contributed by atoms with van der Waals surface area (Å²) in [6.45, 7) is 1.82. The SMILES string of the molecule is Cc1cccc(F)c1Nc1ccc(Br)cc1C#N. The zero-order chi connectivity index (χ0) is 13.1. The lowest BCUT2D eigenvalue weighted by Gasteiger charge is -2.12. The van der Waals surface area contributed by atoms with Crippen molar-refractivity contribution in [2.75, 3.05) is 5.32 Å². The molecule has 0 atom stereocenters. The Hall–Kier alpha value is -1.86. The molecular formula is C14H10BrFN2. The van der Waals surface area contributed by atoms with Crippen LogP contribution in [-0.2, 0) is 0 Å². The molecule has 2 nitrogen and oxygen atoms in total. The highest BCUT2D eigenvalue weighted by Crippen LogP contribution is 2.27. The first kappa shape index (κ1) is 12.6. The first-order valence-corrected chi connectivity index (χ1v) is 6.13. The monoisotopic (exact) mass is 304 g/mol. The van der Waals surface area contributed by atoms with Crippen molar-refractivity contribution in [3.8, 4) is 6.07 Å². The van der Waals surface area contributed by atoms with Crippen LogP contribution < -0.4 is 5.32 Å². The number of nitrogens with zero attached hydrogens (tertiary/aromatic N) is 1. The summed E-state index contributed by atoms with van der Waals surface area (Å²) in [5, 5.41) is 12.0. The van der Waals surface area contributed by atoms with Crippen molar-refractivity contribution in [3.05, 3.63) is 57.8 Å². The van der Waals surface area contributed by atoms with E-state index in [0.29, 0.717) is 16.9 Å². The van der Waals surface area contributed by atoms with E-state index in [1.807, 2.05) is 13.0 Å². The molecule has 0 aliphatic carbocycles. The number of benzene rings is 2. The van der Waals surface area contributed by atoms with Gasteiger partial charge in [-0.15, -0.1) is 0 Å². The Labute approximate surface area is 113 Å². The van der Waals surface area contributed by atoms with Gasteiger partial charge in [-0.1, -0.05) is 28.1 Å². The summed E-state index contributed by atoms with van der Waals surface area (Å²) in [7, 11) is 0. The van der Waals surface area contributed by atoms with Gasteiger partial charge < -0.3 is 5.32 Å². The first-order chi connectivity index (χ1) is 8.61. The van der Waals surface area contributed by atoms with E-state index in [1.54, 1.807) is 24.3 Å². The van der Waals surface area contributed by atoms with Gasteiger partial charge in [-0.2, -0.15) is 5.26 Å². The lowest BCUT2D eigenvalue weighted by Crippen LogP contribution is -1.98. The molecule has 2 aromatic rings. The van der Waals surface area contributed by atoms with E-state index in [4.69, 9.17) is 5.26 Å². The molecule has 0 fully saturated rings. The third kappa shape index (κ3) is 2.52. The summed E-state index contributed by atoms with van der Waals surface area (Å²) in [5.74, 6) is -0.332. The Bertz CT molecular complexity index is 612. The lowest BCUT2D eigenvalue weighted by atomic mass is 10.1. The van der Waals surface area contributed by atoms with Crippen LogP contribution in [0, 0.1) is 24.1 Å². The van der Waals surface area contributed by atoms with E-state index in [2.05, 4.69) is 27.3 Å². The molecule has 0 heterocycles. The van der Waals surface area contributed by atoms with E-state index in [0.717, 1.165) is 10.0 Å². The van der Waals surface area contributed by atoms with Crippen LogP contribution in [0.5, 0.6) is 0 Å². The number of halogens is 2. The van der Waals surface area contributed by atoms with Crippen molar-refractivity contribution in [1.82, 2.24) is 0 Å². The molecule has 0 unspecified atom stereocenters. The third-order valence-electron chi connectivity index (χ3n) is 2.58. The first-order valence-electron chi connectivity index (χ1n) is 5.33. The Morgan fingerprint density at radius 3 is 2.72 bits per heavy atom. The largest absolute Gasteiger partial charge is 0.352 e. The van der Waals surface area contributed by atoms with Gasteiger partial charge in [0.2, 0.25) is 0 Å². The van der Waals surface area contributed by atoms with E-state index in [9.17, 15) is 4.39 Å². The highest BCUT2D eigenvalue weighted by atomic mass is 79.9. The van der Waals surface area contributed by atoms with Crippen LogP contribution in [0.2, 0.25) is 0 Å². The maximum Gasteiger partial charge on any atom is 0.146 e. The topological polar surface area (TPSA) is 35.8 Å². The minimum Gasteiger partial charge on any atom is -0.352 e. The van der Waals surface area contributed by atoms with Gasteiger partial charge in [0, 0.05) is 4.47 Å². The molecule has 90 valence electrons.